The van der Waals surface area contributed by atoms with Crippen molar-refractivity contribution in [3.05, 3.63) is 47.1 Å². The van der Waals surface area contributed by atoms with Crippen LogP contribution in [0.4, 0.5) is 10.2 Å². The van der Waals surface area contributed by atoms with Crippen molar-refractivity contribution < 1.29 is 23.8 Å². The first kappa shape index (κ1) is 23.0. The third-order valence-corrected chi connectivity index (χ3v) is 5.62. The molecule has 1 atom stereocenters. The Kier molecular flexibility index (Phi) is 7.17. The lowest BCUT2D eigenvalue weighted by Gasteiger charge is -2.37. The second-order valence-electron chi connectivity index (χ2n) is 7.29. The normalized spacial score (nSPS) is 19.3. The number of anilines is 1. The predicted octanol–water partition coefficient (Wildman–Crippen LogP) is 3.04. The standard InChI is InChI=1S/C20H20ClFN4O4.ClH/c21-12-9-15(22)18(24-10-12)25-6-3-13(4-7-25)26-8-5-17(19(26)27)30-14-1-2-16(20(28)29)23-11-14;/h1-2,9-11,13,17H,3-8H2,(H,28,29);1H. The molecule has 166 valence electrons. The molecule has 1 unspecified atom stereocenters. The minimum Gasteiger partial charge on any atom is -0.479 e. The summed E-state index contributed by atoms with van der Waals surface area (Å²) in [4.78, 5) is 35.3. The molecule has 2 aliphatic heterocycles. The number of carboxylic acids is 1. The molecule has 1 amide bonds. The molecule has 4 rings (SSSR count). The minimum absolute atomic E-state index is 0. The number of carbonyl (C=O) groups is 2. The largest absolute Gasteiger partial charge is 0.479 e. The van der Waals surface area contributed by atoms with E-state index < -0.39 is 17.9 Å². The average Bonchev–Trinajstić information content (AvgIpc) is 3.09. The van der Waals surface area contributed by atoms with Gasteiger partial charge >= 0.3 is 5.97 Å². The molecule has 0 radical (unpaired) electrons. The third-order valence-electron chi connectivity index (χ3n) is 5.42. The first-order valence-corrected chi connectivity index (χ1v) is 10.0. The zero-order chi connectivity index (χ0) is 21.3. The number of hydrogen-bond acceptors (Lipinski definition) is 6. The third kappa shape index (κ3) is 4.99. The highest BCUT2D eigenvalue weighted by Gasteiger charge is 2.38. The fourth-order valence-corrected chi connectivity index (χ4v) is 4.06. The number of carbonyl (C=O) groups excluding carboxylic acids is 1. The molecule has 8 nitrogen and oxygen atoms in total. The number of amides is 1. The molecule has 2 aromatic rings. The summed E-state index contributed by atoms with van der Waals surface area (Å²) in [6, 6.07) is 4.15. The fourth-order valence-electron chi connectivity index (χ4n) is 3.92. The van der Waals surface area contributed by atoms with E-state index in [1.165, 1.54) is 30.6 Å². The zero-order valence-electron chi connectivity index (χ0n) is 16.4. The lowest BCUT2D eigenvalue weighted by Crippen LogP contribution is -2.47. The molecule has 0 aromatic carbocycles. The molecule has 2 fully saturated rings. The predicted molar refractivity (Wildman–Crippen MR) is 114 cm³/mol. The van der Waals surface area contributed by atoms with Crippen LogP contribution in [0.1, 0.15) is 29.8 Å². The number of carboxylic acid groups (broad SMARTS) is 1. The molecule has 4 heterocycles. The van der Waals surface area contributed by atoms with E-state index in [2.05, 4.69) is 9.97 Å². The van der Waals surface area contributed by atoms with Gasteiger partial charge in [-0.05, 0) is 31.0 Å². The maximum atomic E-state index is 14.1. The van der Waals surface area contributed by atoms with Gasteiger partial charge in [0, 0.05) is 38.3 Å². The number of ether oxygens (including phenoxy) is 1. The van der Waals surface area contributed by atoms with E-state index >= 15 is 0 Å². The van der Waals surface area contributed by atoms with Crippen molar-refractivity contribution in [1.29, 1.82) is 0 Å². The van der Waals surface area contributed by atoms with Gasteiger partial charge < -0.3 is 19.6 Å². The van der Waals surface area contributed by atoms with E-state index in [0.717, 1.165) is 0 Å². The lowest BCUT2D eigenvalue weighted by atomic mass is 10.0. The van der Waals surface area contributed by atoms with Crippen molar-refractivity contribution in [3.63, 3.8) is 0 Å². The molecule has 1 N–H and O–H groups in total. The molecule has 31 heavy (non-hydrogen) atoms. The van der Waals surface area contributed by atoms with Crippen LogP contribution in [0.3, 0.4) is 0 Å². The number of aromatic nitrogens is 2. The van der Waals surface area contributed by atoms with E-state index in [-0.39, 0.29) is 40.9 Å². The van der Waals surface area contributed by atoms with Gasteiger partial charge in [-0.25, -0.2) is 19.2 Å². The Morgan fingerprint density at radius 1 is 1.16 bits per heavy atom. The van der Waals surface area contributed by atoms with Crippen molar-refractivity contribution in [2.45, 2.75) is 31.4 Å². The van der Waals surface area contributed by atoms with Crippen molar-refractivity contribution in [2.75, 3.05) is 24.5 Å². The number of piperidine rings is 1. The Morgan fingerprint density at radius 3 is 2.52 bits per heavy atom. The van der Waals surface area contributed by atoms with Crippen LogP contribution in [-0.4, -0.2) is 63.6 Å². The lowest BCUT2D eigenvalue weighted by molar-refractivity contribution is -0.135. The number of rotatable bonds is 5. The van der Waals surface area contributed by atoms with Gasteiger partial charge in [0.2, 0.25) is 0 Å². The number of likely N-dealkylation sites (tertiary alicyclic amines) is 1. The van der Waals surface area contributed by atoms with E-state index in [9.17, 15) is 14.0 Å². The van der Waals surface area contributed by atoms with Crippen molar-refractivity contribution in [1.82, 2.24) is 14.9 Å². The quantitative estimate of drug-likeness (QED) is 0.716. The van der Waals surface area contributed by atoms with Crippen LogP contribution in [0, 0.1) is 5.82 Å². The molecule has 11 heteroatoms. The summed E-state index contributed by atoms with van der Waals surface area (Å²) >= 11 is 5.77. The van der Waals surface area contributed by atoms with Crippen LogP contribution in [-0.2, 0) is 4.79 Å². The van der Waals surface area contributed by atoms with Crippen LogP contribution in [0.2, 0.25) is 5.02 Å². The maximum absolute atomic E-state index is 14.1. The number of aromatic carboxylic acids is 1. The van der Waals surface area contributed by atoms with Gasteiger partial charge in [0.05, 0.1) is 11.2 Å². The van der Waals surface area contributed by atoms with Gasteiger partial charge in [-0.2, -0.15) is 0 Å². The summed E-state index contributed by atoms with van der Waals surface area (Å²) in [5, 5.41) is 9.16. The Morgan fingerprint density at radius 2 is 1.90 bits per heavy atom. The monoisotopic (exact) mass is 470 g/mol. The number of pyridine rings is 2. The molecule has 2 aliphatic rings. The number of hydrogen-bond donors (Lipinski definition) is 1. The van der Waals surface area contributed by atoms with E-state index in [1.54, 1.807) is 0 Å². The Bertz CT molecular complexity index is 955. The van der Waals surface area contributed by atoms with Crippen LogP contribution in [0.15, 0.2) is 30.6 Å². The second-order valence-corrected chi connectivity index (χ2v) is 7.72. The second kappa shape index (κ2) is 9.65. The average molecular weight is 471 g/mol. The highest BCUT2D eigenvalue weighted by atomic mass is 35.5. The molecular formula is C20H21Cl2FN4O4. The molecule has 2 saturated heterocycles. The molecule has 0 aliphatic carbocycles. The summed E-state index contributed by atoms with van der Waals surface area (Å²) < 4.78 is 19.8. The topological polar surface area (TPSA) is 95.9 Å². The molecule has 0 saturated carbocycles. The number of halogens is 3. The van der Waals surface area contributed by atoms with Gasteiger partial charge in [0.15, 0.2) is 17.7 Å². The summed E-state index contributed by atoms with van der Waals surface area (Å²) in [6.45, 7) is 1.76. The highest BCUT2D eigenvalue weighted by molar-refractivity contribution is 6.30. The van der Waals surface area contributed by atoms with Gasteiger partial charge in [-0.1, -0.05) is 11.6 Å². The minimum atomic E-state index is -1.12. The Hall–Kier alpha value is -2.65. The summed E-state index contributed by atoms with van der Waals surface area (Å²) in [7, 11) is 0. The fraction of sp³-hybridized carbons (Fsp3) is 0.400. The van der Waals surface area contributed by atoms with E-state index in [0.29, 0.717) is 44.6 Å². The van der Waals surface area contributed by atoms with Crippen molar-refractivity contribution >= 4 is 41.7 Å². The van der Waals surface area contributed by atoms with Crippen LogP contribution < -0.4 is 9.64 Å². The molecule has 0 bridgehead atoms. The first-order chi connectivity index (χ1) is 14.4. The number of nitrogens with zero attached hydrogens (tertiary/aromatic N) is 4. The smallest absolute Gasteiger partial charge is 0.354 e. The van der Waals surface area contributed by atoms with Gasteiger partial charge in [0.1, 0.15) is 11.4 Å². The Labute approximate surface area is 189 Å². The van der Waals surface area contributed by atoms with Crippen LogP contribution in [0.5, 0.6) is 5.75 Å². The van der Waals surface area contributed by atoms with Gasteiger partial charge in [-0.3, -0.25) is 4.79 Å². The van der Waals surface area contributed by atoms with Crippen LogP contribution in [0.25, 0.3) is 0 Å². The molecular weight excluding hydrogens is 450 g/mol. The summed E-state index contributed by atoms with van der Waals surface area (Å²) in [5.74, 6) is -1.02. The van der Waals surface area contributed by atoms with E-state index in [4.69, 9.17) is 21.4 Å². The summed E-state index contributed by atoms with van der Waals surface area (Å²) in [6.07, 6.45) is 4.08. The van der Waals surface area contributed by atoms with Crippen LogP contribution >= 0.6 is 24.0 Å². The first-order valence-electron chi connectivity index (χ1n) is 9.65. The van der Waals surface area contributed by atoms with E-state index in [1.807, 2.05) is 9.80 Å². The van der Waals surface area contributed by atoms with Crippen molar-refractivity contribution in [2.24, 2.45) is 0 Å². The van der Waals surface area contributed by atoms with Gasteiger partial charge in [-0.15, -0.1) is 12.4 Å². The molecule has 0 spiro atoms. The summed E-state index contributed by atoms with van der Waals surface area (Å²) in [5.41, 5.74) is -0.0832. The Balaban J connectivity index is 0.00000272. The SMILES string of the molecule is Cl.O=C(O)c1ccc(OC2CCN(C3CCN(c4ncc(Cl)cc4F)CC3)C2=O)cn1. The zero-order valence-corrected chi connectivity index (χ0v) is 18.0. The van der Waals surface area contributed by atoms with Gasteiger partial charge in [0.25, 0.3) is 5.91 Å². The highest BCUT2D eigenvalue weighted by Crippen LogP contribution is 2.28. The van der Waals surface area contributed by atoms with Crippen molar-refractivity contribution in [3.8, 4) is 5.75 Å². The maximum Gasteiger partial charge on any atom is 0.354 e. The molecule has 2 aromatic heterocycles.